The highest BCUT2D eigenvalue weighted by Gasteiger charge is 2.24. The van der Waals surface area contributed by atoms with Crippen LogP contribution in [-0.2, 0) is 38.1 Å². The minimum Gasteiger partial charge on any atom is -0.481 e. The molecule has 0 bridgehead atoms. The SMILES string of the molecule is CC(C)(C)OC(=O)NCCCC(NC(=O)OC(C)(C)C)C(=O)NCCOCCOCCOCCNC(=O)CCCCCCCCCCCCCCCCC(=O)O. The lowest BCUT2D eigenvalue weighted by Gasteiger charge is -2.23. The smallest absolute Gasteiger partial charge is 0.408 e. The van der Waals surface area contributed by atoms with Gasteiger partial charge in [0.05, 0.1) is 39.6 Å². The van der Waals surface area contributed by atoms with Gasteiger partial charge in [-0.1, -0.05) is 77.0 Å². The molecule has 0 aliphatic carbocycles. The summed E-state index contributed by atoms with van der Waals surface area (Å²) in [4.78, 5) is 59.6. The first kappa shape index (κ1) is 52.8. The maximum Gasteiger partial charge on any atom is 0.408 e. The Kier molecular flexibility index (Phi) is 32.0. The number of rotatable bonds is 35. The van der Waals surface area contributed by atoms with Crippen molar-refractivity contribution in [1.82, 2.24) is 21.3 Å². The van der Waals surface area contributed by atoms with Crippen LogP contribution in [0.1, 0.15) is 157 Å². The van der Waals surface area contributed by atoms with E-state index in [-0.39, 0.29) is 37.9 Å². The molecule has 4 amide bonds. The van der Waals surface area contributed by atoms with Crippen LogP contribution in [0.5, 0.6) is 0 Å². The number of alkyl carbamates (subject to hydrolysis) is 2. The fourth-order valence-electron chi connectivity index (χ4n) is 5.48. The Morgan fingerprint density at radius 3 is 1.36 bits per heavy atom. The molecule has 0 radical (unpaired) electrons. The molecule has 15 heteroatoms. The number of nitrogens with one attached hydrogen (secondary N) is 4. The minimum absolute atomic E-state index is 0.0579. The zero-order chi connectivity index (χ0) is 41.9. The summed E-state index contributed by atoms with van der Waals surface area (Å²) in [5, 5.41) is 19.6. The van der Waals surface area contributed by atoms with Crippen LogP contribution >= 0.6 is 0 Å². The van der Waals surface area contributed by atoms with Gasteiger partial charge in [0.25, 0.3) is 0 Å². The first-order valence-corrected chi connectivity index (χ1v) is 21.0. The van der Waals surface area contributed by atoms with Gasteiger partial charge in [0.1, 0.15) is 17.2 Å². The summed E-state index contributed by atoms with van der Waals surface area (Å²) in [6.45, 7) is 13.7. The zero-order valence-corrected chi connectivity index (χ0v) is 35.7. The Hall–Kier alpha value is -3.17. The lowest BCUT2D eigenvalue weighted by molar-refractivity contribution is -0.137. The van der Waals surface area contributed by atoms with Crippen molar-refractivity contribution in [2.24, 2.45) is 0 Å². The molecule has 0 aliphatic rings. The third kappa shape index (κ3) is 39.1. The molecular formula is C41H78N4O11. The Morgan fingerprint density at radius 1 is 0.482 bits per heavy atom. The van der Waals surface area contributed by atoms with Gasteiger partial charge in [-0.3, -0.25) is 14.4 Å². The lowest BCUT2D eigenvalue weighted by atomic mass is 10.0. The van der Waals surface area contributed by atoms with Gasteiger partial charge in [-0.25, -0.2) is 9.59 Å². The summed E-state index contributed by atoms with van der Waals surface area (Å²) in [6.07, 6.45) is 16.5. The molecular weight excluding hydrogens is 724 g/mol. The van der Waals surface area contributed by atoms with Crippen LogP contribution in [0.2, 0.25) is 0 Å². The Balaban J connectivity index is 3.76. The van der Waals surface area contributed by atoms with E-state index in [2.05, 4.69) is 21.3 Å². The highest BCUT2D eigenvalue weighted by molar-refractivity contribution is 5.85. The van der Waals surface area contributed by atoms with Crippen molar-refractivity contribution in [3.05, 3.63) is 0 Å². The van der Waals surface area contributed by atoms with Crippen molar-refractivity contribution in [1.29, 1.82) is 0 Å². The van der Waals surface area contributed by atoms with Crippen LogP contribution in [0, 0.1) is 0 Å². The van der Waals surface area contributed by atoms with E-state index in [4.69, 9.17) is 28.8 Å². The van der Waals surface area contributed by atoms with Crippen LogP contribution in [0.3, 0.4) is 0 Å². The van der Waals surface area contributed by atoms with Crippen molar-refractivity contribution in [2.45, 2.75) is 174 Å². The number of unbranched alkanes of at least 4 members (excludes halogenated alkanes) is 13. The topological polar surface area (TPSA) is 200 Å². The number of ether oxygens (including phenoxy) is 5. The van der Waals surface area contributed by atoms with Gasteiger partial charge in [-0.05, 0) is 67.2 Å². The molecule has 0 saturated carbocycles. The fraction of sp³-hybridized carbons (Fsp3) is 0.878. The molecule has 0 heterocycles. The van der Waals surface area contributed by atoms with Gasteiger partial charge >= 0.3 is 18.2 Å². The van der Waals surface area contributed by atoms with E-state index in [0.717, 1.165) is 32.1 Å². The molecule has 0 aromatic rings. The van der Waals surface area contributed by atoms with E-state index >= 15 is 0 Å². The monoisotopic (exact) mass is 803 g/mol. The van der Waals surface area contributed by atoms with Gasteiger partial charge < -0.3 is 50.1 Å². The highest BCUT2D eigenvalue weighted by atomic mass is 16.6. The molecule has 0 aliphatic heterocycles. The van der Waals surface area contributed by atoms with E-state index in [9.17, 15) is 24.0 Å². The summed E-state index contributed by atoms with van der Waals surface area (Å²) >= 11 is 0. The molecule has 1 atom stereocenters. The second-order valence-electron chi connectivity index (χ2n) is 16.1. The highest BCUT2D eigenvalue weighted by Crippen LogP contribution is 2.14. The first-order chi connectivity index (χ1) is 26.6. The van der Waals surface area contributed by atoms with Crippen molar-refractivity contribution in [3.63, 3.8) is 0 Å². The van der Waals surface area contributed by atoms with E-state index in [1.807, 2.05) is 0 Å². The normalized spacial score (nSPS) is 12.1. The molecule has 0 spiro atoms. The number of aliphatic carboxylic acids is 1. The maximum absolute atomic E-state index is 12.8. The van der Waals surface area contributed by atoms with Gasteiger partial charge in [0.15, 0.2) is 0 Å². The summed E-state index contributed by atoms with van der Waals surface area (Å²) in [6, 6.07) is -0.860. The van der Waals surface area contributed by atoms with Gasteiger partial charge in [-0.15, -0.1) is 0 Å². The molecule has 5 N–H and O–H groups in total. The van der Waals surface area contributed by atoms with E-state index in [0.29, 0.717) is 58.8 Å². The Morgan fingerprint density at radius 2 is 0.893 bits per heavy atom. The van der Waals surface area contributed by atoms with E-state index < -0.39 is 35.4 Å². The van der Waals surface area contributed by atoms with Crippen LogP contribution < -0.4 is 21.3 Å². The number of carboxylic acid groups (broad SMARTS) is 1. The van der Waals surface area contributed by atoms with Gasteiger partial charge in [0.2, 0.25) is 11.8 Å². The quantitative estimate of drug-likeness (QED) is 0.0423. The van der Waals surface area contributed by atoms with Crippen LogP contribution in [0.15, 0.2) is 0 Å². The van der Waals surface area contributed by atoms with Crippen LogP contribution in [-0.4, -0.2) is 112 Å². The largest absolute Gasteiger partial charge is 0.481 e. The summed E-state index contributed by atoms with van der Waals surface area (Å²) < 4.78 is 27.1. The lowest BCUT2D eigenvalue weighted by Crippen LogP contribution is -2.49. The second kappa shape index (κ2) is 33.9. The van der Waals surface area contributed by atoms with Gasteiger partial charge in [0, 0.05) is 32.5 Å². The van der Waals surface area contributed by atoms with Crippen molar-refractivity contribution in [2.75, 3.05) is 59.3 Å². The molecule has 0 aromatic heterocycles. The van der Waals surface area contributed by atoms with Crippen LogP contribution in [0.4, 0.5) is 9.59 Å². The summed E-state index contributed by atoms with van der Waals surface area (Å²) in [7, 11) is 0. The number of hydrogen-bond donors (Lipinski definition) is 5. The van der Waals surface area contributed by atoms with Gasteiger partial charge in [-0.2, -0.15) is 0 Å². The standard InChI is InChI=1S/C41H78N4O11/c1-40(2,3)55-38(50)44-25-21-22-34(45-39(51)56-41(4,5)6)37(49)43-27-29-53-31-33-54-32-30-52-28-26-42-35(46)23-19-17-15-13-11-9-7-8-10-12-14-16-18-20-24-36(47)48/h34H,7-33H2,1-6H3,(H,42,46)(H,43,49)(H,44,50)(H,45,51)(H,47,48). The number of carboxylic acids is 1. The van der Waals surface area contributed by atoms with Crippen LogP contribution in [0.25, 0.3) is 0 Å². The first-order valence-electron chi connectivity index (χ1n) is 21.0. The molecule has 328 valence electrons. The predicted octanol–water partition coefficient (Wildman–Crippen LogP) is 6.79. The molecule has 15 nitrogen and oxygen atoms in total. The van der Waals surface area contributed by atoms with Crippen molar-refractivity contribution >= 4 is 30.0 Å². The average molecular weight is 803 g/mol. The molecule has 0 fully saturated rings. The molecule has 0 rings (SSSR count). The van der Waals surface area contributed by atoms with Crippen molar-refractivity contribution in [3.8, 4) is 0 Å². The van der Waals surface area contributed by atoms with E-state index in [1.165, 1.54) is 57.8 Å². The third-order valence-electron chi connectivity index (χ3n) is 8.25. The minimum atomic E-state index is -0.860. The molecule has 56 heavy (non-hydrogen) atoms. The fourth-order valence-corrected chi connectivity index (χ4v) is 5.48. The number of hydrogen-bond acceptors (Lipinski definition) is 10. The van der Waals surface area contributed by atoms with E-state index in [1.54, 1.807) is 41.5 Å². The number of carbonyl (C=O) groups is 5. The Labute approximate surface area is 337 Å². The molecule has 1 unspecified atom stereocenters. The summed E-state index contributed by atoms with van der Waals surface area (Å²) in [5.74, 6) is -1.02. The zero-order valence-electron chi connectivity index (χ0n) is 35.7. The maximum atomic E-state index is 12.8. The number of carbonyl (C=O) groups excluding carboxylic acids is 4. The summed E-state index contributed by atoms with van der Waals surface area (Å²) in [5.41, 5.74) is -1.34. The predicted molar refractivity (Wildman–Crippen MR) is 217 cm³/mol. The third-order valence-corrected chi connectivity index (χ3v) is 8.25. The Bertz CT molecular complexity index is 1050. The molecule has 0 aromatic carbocycles. The second-order valence-corrected chi connectivity index (χ2v) is 16.1. The average Bonchev–Trinajstić information content (AvgIpc) is 3.09. The number of amides is 4. The molecule has 0 saturated heterocycles. The van der Waals surface area contributed by atoms with Crippen molar-refractivity contribution < 1.29 is 52.8 Å².